The molecule has 0 spiro atoms. The molecule has 0 aliphatic carbocycles. The molecule has 0 N–H and O–H groups in total. The summed E-state index contributed by atoms with van der Waals surface area (Å²) in [5, 5.41) is 13.0. The SMILES string of the molecule is Cn1nc(Cn2cnc(C(F)(F)F)c(Oc3cccc(C#N)c3F)c2=O)cc(-c2ccc(F)cc2)c1=O. The van der Waals surface area contributed by atoms with Crippen molar-refractivity contribution in [1.29, 1.82) is 5.26 Å². The molecule has 2 aromatic carbocycles. The van der Waals surface area contributed by atoms with Crippen LogP contribution in [0.5, 0.6) is 11.5 Å². The van der Waals surface area contributed by atoms with Gasteiger partial charge in [-0.15, -0.1) is 0 Å². The van der Waals surface area contributed by atoms with Crippen LogP contribution in [0.4, 0.5) is 22.0 Å². The number of alkyl halides is 3. The zero-order chi connectivity index (χ0) is 26.9. The highest BCUT2D eigenvalue weighted by Crippen LogP contribution is 2.35. The average molecular weight is 515 g/mol. The Labute approximate surface area is 204 Å². The third kappa shape index (κ3) is 5.08. The lowest BCUT2D eigenvalue weighted by Crippen LogP contribution is -2.28. The summed E-state index contributed by atoms with van der Waals surface area (Å²) in [6.45, 7) is -0.441. The van der Waals surface area contributed by atoms with Crippen LogP contribution in [0.2, 0.25) is 0 Å². The highest BCUT2D eigenvalue weighted by molar-refractivity contribution is 5.62. The van der Waals surface area contributed by atoms with Gasteiger partial charge >= 0.3 is 6.18 Å². The third-order valence-corrected chi connectivity index (χ3v) is 5.16. The number of ether oxygens (including phenoxy) is 1. The molecular formula is C24H14F5N5O3. The first kappa shape index (κ1) is 25.2. The van der Waals surface area contributed by atoms with Crippen molar-refractivity contribution >= 4 is 0 Å². The van der Waals surface area contributed by atoms with E-state index in [9.17, 15) is 31.5 Å². The Kier molecular flexibility index (Phi) is 6.58. The minimum atomic E-state index is -5.12. The normalized spacial score (nSPS) is 11.3. The van der Waals surface area contributed by atoms with Gasteiger partial charge in [0.15, 0.2) is 17.3 Å². The Morgan fingerprint density at radius 3 is 2.41 bits per heavy atom. The Bertz CT molecular complexity index is 1650. The van der Waals surface area contributed by atoms with Gasteiger partial charge in [-0.2, -0.15) is 23.5 Å². The first-order valence-corrected chi connectivity index (χ1v) is 10.4. The largest absolute Gasteiger partial charge is 0.446 e. The molecular weight excluding hydrogens is 501 g/mol. The Morgan fingerprint density at radius 2 is 1.76 bits per heavy atom. The van der Waals surface area contributed by atoms with E-state index in [4.69, 9.17) is 10.00 Å². The van der Waals surface area contributed by atoms with E-state index in [0.29, 0.717) is 11.9 Å². The molecule has 2 aromatic heterocycles. The monoisotopic (exact) mass is 515 g/mol. The van der Waals surface area contributed by atoms with E-state index in [1.807, 2.05) is 0 Å². The summed E-state index contributed by atoms with van der Waals surface area (Å²) in [5.74, 6) is -3.87. The number of aryl methyl sites for hydroxylation is 1. The van der Waals surface area contributed by atoms with Gasteiger partial charge in [-0.25, -0.2) is 18.4 Å². The van der Waals surface area contributed by atoms with Crippen LogP contribution in [0.15, 0.2) is 64.4 Å². The van der Waals surface area contributed by atoms with E-state index in [-0.39, 0.29) is 11.3 Å². The molecule has 0 saturated heterocycles. The lowest BCUT2D eigenvalue weighted by atomic mass is 10.1. The van der Waals surface area contributed by atoms with E-state index >= 15 is 0 Å². The maximum atomic E-state index is 14.5. The zero-order valence-electron chi connectivity index (χ0n) is 18.8. The molecule has 0 bridgehead atoms. The smallest absolute Gasteiger partial charge is 0.437 e. The Balaban J connectivity index is 1.80. The minimum absolute atomic E-state index is 0.0775. The second-order valence-electron chi connectivity index (χ2n) is 7.67. The molecule has 0 aliphatic heterocycles. The van der Waals surface area contributed by atoms with Gasteiger partial charge in [-0.3, -0.25) is 14.2 Å². The Hall–Kier alpha value is -4.86. The predicted octanol–water partition coefficient (Wildman–Crippen LogP) is 4.01. The summed E-state index contributed by atoms with van der Waals surface area (Å²) in [6, 6.07) is 11.0. The fraction of sp³-hybridized carbons (Fsp3) is 0.125. The molecule has 8 nitrogen and oxygen atoms in total. The molecule has 0 unspecified atom stereocenters. The second kappa shape index (κ2) is 9.65. The van der Waals surface area contributed by atoms with Crippen molar-refractivity contribution < 1.29 is 26.7 Å². The van der Waals surface area contributed by atoms with Gasteiger partial charge in [0, 0.05) is 7.05 Å². The molecule has 0 aliphatic rings. The summed E-state index contributed by atoms with van der Waals surface area (Å²) in [6.07, 6.45) is -4.51. The van der Waals surface area contributed by atoms with Crippen LogP contribution in [-0.4, -0.2) is 19.3 Å². The first-order chi connectivity index (χ1) is 17.5. The summed E-state index contributed by atoms with van der Waals surface area (Å²) < 4.78 is 75.2. The molecule has 0 radical (unpaired) electrons. The van der Waals surface area contributed by atoms with Crippen molar-refractivity contribution in [3.8, 4) is 28.7 Å². The standard InChI is InChI=1S/C24H14F5N5O3/c1-33-22(35)17(13-5-7-15(25)8-6-13)9-16(32-33)11-34-12-31-21(24(27,28)29)20(23(34)36)37-18-4-2-3-14(10-30)19(18)26/h2-9,12H,11H2,1H3. The number of rotatable bonds is 5. The fourth-order valence-corrected chi connectivity index (χ4v) is 3.42. The van der Waals surface area contributed by atoms with Gasteiger partial charge in [0.25, 0.3) is 11.1 Å². The third-order valence-electron chi connectivity index (χ3n) is 5.16. The molecule has 0 fully saturated rings. The van der Waals surface area contributed by atoms with E-state index in [2.05, 4.69) is 10.1 Å². The average Bonchev–Trinajstić information content (AvgIpc) is 2.84. The number of nitriles is 1. The van der Waals surface area contributed by atoms with Crippen LogP contribution in [0.3, 0.4) is 0 Å². The molecule has 2 heterocycles. The lowest BCUT2D eigenvalue weighted by molar-refractivity contribution is -0.142. The van der Waals surface area contributed by atoms with Crippen molar-refractivity contribution in [2.75, 3.05) is 0 Å². The summed E-state index contributed by atoms with van der Waals surface area (Å²) >= 11 is 0. The van der Waals surface area contributed by atoms with Crippen LogP contribution >= 0.6 is 0 Å². The molecule has 4 aromatic rings. The maximum absolute atomic E-state index is 14.5. The van der Waals surface area contributed by atoms with Gasteiger partial charge in [0.1, 0.15) is 11.9 Å². The van der Waals surface area contributed by atoms with Crippen LogP contribution in [0, 0.1) is 23.0 Å². The van der Waals surface area contributed by atoms with Crippen molar-refractivity contribution in [3.63, 3.8) is 0 Å². The second-order valence-corrected chi connectivity index (χ2v) is 7.67. The van der Waals surface area contributed by atoms with Crippen molar-refractivity contribution in [2.24, 2.45) is 7.05 Å². The number of nitrogens with zero attached hydrogens (tertiary/aromatic N) is 5. The predicted molar refractivity (Wildman–Crippen MR) is 119 cm³/mol. The number of halogens is 5. The van der Waals surface area contributed by atoms with E-state index in [1.54, 1.807) is 0 Å². The molecule has 0 amide bonds. The fourth-order valence-electron chi connectivity index (χ4n) is 3.42. The lowest BCUT2D eigenvalue weighted by Gasteiger charge is -2.15. The van der Waals surface area contributed by atoms with Gasteiger partial charge < -0.3 is 4.74 Å². The van der Waals surface area contributed by atoms with Gasteiger partial charge in [0.2, 0.25) is 5.75 Å². The summed E-state index contributed by atoms with van der Waals surface area (Å²) in [7, 11) is 1.33. The van der Waals surface area contributed by atoms with Crippen LogP contribution in [0.1, 0.15) is 17.0 Å². The first-order valence-electron chi connectivity index (χ1n) is 10.4. The molecule has 0 saturated carbocycles. The number of aromatic nitrogens is 4. The number of hydrogen-bond acceptors (Lipinski definition) is 6. The minimum Gasteiger partial charge on any atom is -0.446 e. The topological polar surface area (TPSA) is 103 Å². The van der Waals surface area contributed by atoms with Gasteiger partial charge in [-0.05, 0) is 35.9 Å². The van der Waals surface area contributed by atoms with Crippen molar-refractivity contribution in [1.82, 2.24) is 19.3 Å². The van der Waals surface area contributed by atoms with Crippen LogP contribution in [0.25, 0.3) is 11.1 Å². The maximum Gasteiger partial charge on any atom is 0.437 e. The van der Waals surface area contributed by atoms with Crippen LogP contribution < -0.4 is 15.9 Å². The summed E-state index contributed by atoms with van der Waals surface area (Å²) in [5.41, 5.74) is -3.52. The number of hydrogen-bond donors (Lipinski definition) is 0. The van der Waals surface area contributed by atoms with E-state index < -0.39 is 58.2 Å². The van der Waals surface area contributed by atoms with Crippen molar-refractivity contribution in [2.45, 2.75) is 12.7 Å². The molecule has 13 heteroatoms. The van der Waals surface area contributed by atoms with E-state index in [1.165, 1.54) is 37.4 Å². The van der Waals surface area contributed by atoms with Crippen LogP contribution in [-0.2, 0) is 19.8 Å². The highest BCUT2D eigenvalue weighted by atomic mass is 19.4. The van der Waals surface area contributed by atoms with Crippen molar-refractivity contribution in [3.05, 3.63) is 104 Å². The molecule has 4 rings (SSSR count). The quantitative estimate of drug-likeness (QED) is 0.372. The molecule has 188 valence electrons. The highest BCUT2D eigenvalue weighted by Gasteiger charge is 2.39. The number of benzene rings is 2. The van der Waals surface area contributed by atoms with Gasteiger partial charge in [-0.1, -0.05) is 18.2 Å². The Morgan fingerprint density at radius 1 is 1.05 bits per heavy atom. The van der Waals surface area contributed by atoms with Gasteiger partial charge in [0.05, 0.1) is 29.7 Å². The molecule has 0 atom stereocenters. The zero-order valence-corrected chi connectivity index (χ0v) is 18.8. The molecule has 37 heavy (non-hydrogen) atoms. The summed E-state index contributed by atoms with van der Waals surface area (Å²) in [4.78, 5) is 28.9. The van der Waals surface area contributed by atoms with E-state index in [0.717, 1.165) is 33.5 Å².